The van der Waals surface area contributed by atoms with Crippen molar-refractivity contribution < 1.29 is 5.11 Å². The second-order valence-electron chi connectivity index (χ2n) is 5.93. The van der Waals surface area contributed by atoms with Gasteiger partial charge in [0.15, 0.2) is 0 Å². The van der Waals surface area contributed by atoms with Crippen LogP contribution < -0.4 is 5.32 Å². The van der Waals surface area contributed by atoms with Crippen molar-refractivity contribution in [3.8, 4) is 0 Å². The van der Waals surface area contributed by atoms with Crippen LogP contribution in [0.15, 0.2) is 18.2 Å². The molecule has 1 heterocycles. The number of fused-ring (bicyclic) bond motifs is 2. The number of anilines is 1. The smallest absolute Gasteiger partial charge is 0.0741 e. The van der Waals surface area contributed by atoms with Gasteiger partial charge >= 0.3 is 0 Å². The second kappa shape index (κ2) is 6.20. The fraction of sp³-hybridized carbons (Fsp3) is 0.471. The number of aliphatic hydroxyl groups is 1. The van der Waals surface area contributed by atoms with Crippen LogP contribution in [0.3, 0.4) is 0 Å². The number of hydrogen-bond donors (Lipinski definition) is 2. The van der Waals surface area contributed by atoms with Crippen LogP contribution in [-0.4, -0.2) is 23.2 Å². The molecule has 0 amide bonds. The van der Waals surface area contributed by atoms with Crippen LogP contribution in [0.2, 0.25) is 5.02 Å². The molecule has 21 heavy (non-hydrogen) atoms. The highest BCUT2D eigenvalue weighted by Crippen LogP contribution is 2.35. The third-order valence-electron chi connectivity index (χ3n) is 4.20. The first-order valence-electron chi connectivity index (χ1n) is 7.64. The lowest BCUT2D eigenvalue weighted by molar-refractivity contribution is 0.292. The van der Waals surface area contributed by atoms with Crippen molar-refractivity contribution >= 4 is 28.2 Å². The van der Waals surface area contributed by atoms with Gasteiger partial charge in [-0.05, 0) is 55.4 Å². The van der Waals surface area contributed by atoms with E-state index in [1.54, 1.807) is 0 Å². The van der Waals surface area contributed by atoms with Crippen molar-refractivity contribution in [2.75, 3.05) is 18.5 Å². The van der Waals surface area contributed by atoms with E-state index in [0.29, 0.717) is 5.92 Å². The summed E-state index contributed by atoms with van der Waals surface area (Å²) < 4.78 is 0. The lowest BCUT2D eigenvalue weighted by atomic mass is 9.86. The molecule has 3 rings (SSSR count). The maximum Gasteiger partial charge on any atom is 0.0741 e. The molecule has 1 aromatic carbocycles. The Labute approximate surface area is 130 Å². The molecule has 1 aliphatic rings. The SMILES string of the molecule is CC1CCc2nc3cc(Cl)ccc3c(NCCCO)c2C1. The van der Waals surface area contributed by atoms with Gasteiger partial charge in [-0.3, -0.25) is 4.98 Å². The molecule has 3 nitrogen and oxygen atoms in total. The molecule has 0 aliphatic heterocycles. The summed E-state index contributed by atoms with van der Waals surface area (Å²) in [4.78, 5) is 4.83. The van der Waals surface area contributed by atoms with E-state index in [0.717, 1.165) is 41.7 Å². The monoisotopic (exact) mass is 304 g/mol. The maximum absolute atomic E-state index is 9.00. The summed E-state index contributed by atoms with van der Waals surface area (Å²) in [7, 11) is 0. The quantitative estimate of drug-likeness (QED) is 0.844. The summed E-state index contributed by atoms with van der Waals surface area (Å²) in [5.74, 6) is 0.697. The van der Waals surface area contributed by atoms with E-state index < -0.39 is 0 Å². The first-order valence-corrected chi connectivity index (χ1v) is 8.02. The summed E-state index contributed by atoms with van der Waals surface area (Å²) in [6.07, 6.45) is 4.06. The zero-order valence-electron chi connectivity index (χ0n) is 12.3. The largest absolute Gasteiger partial charge is 0.396 e. The minimum absolute atomic E-state index is 0.209. The van der Waals surface area contributed by atoms with Crippen molar-refractivity contribution in [3.63, 3.8) is 0 Å². The highest BCUT2D eigenvalue weighted by atomic mass is 35.5. The van der Waals surface area contributed by atoms with Gasteiger partial charge in [0.2, 0.25) is 0 Å². The van der Waals surface area contributed by atoms with Crippen molar-refractivity contribution in [3.05, 3.63) is 34.5 Å². The van der Waals surface area contributed by atoms with Gasteiger partial charge in [-0.25, -0.2) is 0 Å². The summed E-state index contributed by atoms with van der Waals surface area (Å²) in [6, 6.07) is 5.90. The number of aliphatic hydroxyl groups excluding tert-OH is 1. The summed E-state index contributed by atoms with van der Waals surface area (Å²) >= 11 is 6.11. The Morgan fingerprint density at radius 3 is 3.10 bits per heavy atom. The highest BCUT2D eigenvalue weighted by molar-refractivity contribution is 6.31. The van der Waals surface area contributed by atoms with Gasteiger partial charge in [0.25, 0.3) is 0 Å². The summed E-state index contributed by atoms with van der Waals surface area (Å²) in [6.45, 7) is 3.28. The molecular formula is C17H21ClN2O. The number of halogens is 1. The number of hydrogen-bond acceptors (Lipinski definition) is 3. The van der Waals surface area contributed by atoms with Crippen LogP contribution in [0, 0.1) is 5.92 Å². The van der Waals surface area contributed by atoms with E-state index in [1.807, 2.05) is 18.2 Å². The molecule has 112 valence electrons. The number of nitrogens with zero attached hydrogens (tertiary/aromatic N) is 1. The minimum Gasteiger partial charge on any atom is -0.396 e. The van der Waals surface area contributed by atoms with Crippen LogP contribution in [0.25, 0.3) is 10.9 Å². The molecule has 1 aliphatic carbocycles. The van der Waals surface area contributed by atoms with Gasteiger partial charge in [-0.15, -0.1) is 0 Å². The number of pyridine rings is 1. The Morgan fingerprint density at radius 2 is 2.29 bits per heavy atom. The zero-order valence-corrected chi connectivity index (χ0v) is 13.1. The van der Waals surface area contributed by atoms with Crippen molar-refractivity contribution in [2.45, 2.75) is 32.6 Å². The van der Waals surface area contributed by atoms with E-state index in [-0.39, 0.29) is 6.61 Å². The highest BCUT2D eigenvalue weighted by Gasteiger charge is 2.21. The standard InChI is InChI=1S/C17H21ClN2O/c1-11-3-6-15-14(9-11)17(19-7-2-8-21)13-5-4-12(18)10-16(13)20-15/h4-5,10-11,21H,2-3,6-9H2,1H3,(H,19,20). The number of aromatic nitrogens is 1. The Balaban J connectivity index is 2.11. The summed E-state index contributed by atoms with van der Waals surface area (Å²) in [5.41, 5.74) is 4.70. The molecule has 1 unspecified atom stereocenters. The second-order valence-corrected chi connectivity index (χ2v) is 6.36. The normalized spacial score (nSPS) is 17.8. The van der Waals surface area contributed by atoms with Gasteiger partial charge < -0.3 is 10.4 Å². The van der Waals surface area contributed by atoms with E-state index >= 15 is 0 Å². The topological polar surface area (TPSA) is 45.2 Å². The molecule has 0 saturated heterocycles. The van der Waals surface area contributed by atoms with Gasteiger partial charge in [0, 0.05) is 34.9 Å². The Bertz CT molecular complexity index is 657. The predicted octanol–water partition coefficient (Wildman–Crippen LogP) is 3.81. The summed E-state index contributed by atoms with van der Waals surface area (Å²) in [5, 5.41) is 14.4. The minimum atomic E-state index is 0.209. The molecule has 1 aromatic heterocycles. The van der Waals surface area contributed by atoms with E-state index in [2.05, 4.69) is 12.2 Å². The third kappa shape index (κ3) is 2.99. The van der Waals surface area contributed by atoms with E-state index in [4.69, 9.17) is 21.7 Å². The van der Waals surface area contributed by atoms with Crippen LogP contribution >= 0.6 is 11.6 Å². The molecule has 0 saturated carbocycles. The number of benzene rings is 1. The molecule has 0 fully saturated rings. The van der Waals surface area contributed by atoms with Crippen LogP contribution in [0.5, 0.6) is 0 Å². The first kappa shape index (κ1) is 14.6. The first-order chi connectivity index (χ1) is 10.2. The average Bonchev–Trinajstić information content (AvgIpc) is 2.47. The lowest BCUT2D eigenvalue weighted by Gasteiger charge is -2.25. The van der Waals surface area contributed by atoms with Crippen LogP contribution in [-0.2, 0) is 12.8 Å². The molecule has 2 N–H and O–H groups in total. The van der Waals surface area contributed by atoms with Gasteiger partial charge in [0.05, 0.1) is 5.52 Å². The van der Waals surface area contributed by atoms with Crippen molar-refractivity contribution in [1.29, 1.82) is 0 Å². The van der Waals surface area contributed by atoms with Gasteiger partial charge in [-0.2, -0.15) is 0 Å². The van der Waals surface area contributed by atoms with Gasteiger partial charge in [-0.1, -0.05) is 18.5 Å². The zero-order chi connectivity index (χ0) is 14.8. The molecule has 0 spiro atoms. The molecule has 0 bridgehead atoms. The maximum atomic E-state index is 9.00. The number of rotatable bonds is 4. The molecule has 2 aromatic rings. The van der Waals surface area contributed by atoms with Gasteiger partial charge in [0.1, 0.15) is 0 Å². The Kier molecular flexibility index (Phi) is 4.32. The average molecular weight is 305 g/mol. The lowest BCUT2D eigenvalue weighted by Crippen LogP contribution is -2.17. The Morgan fingerprint density at radius 1 is 1.43 bits per heavy atom. The Hall–Kier alpha value is -1.32. The molecule has 1 atom stereocenters. The molecule has 0 radical (unpaired) electrons. The number of aryl methyl sites for hydroxylation is 1. The predicted molar refractivity (Wildman–Crippen MR) is 88.1 cm³/mol. The number of nitrogens with one attached hydrogen (secondary N) is 1. The van der Waals surface area contributed by atoms with Crippen LogP contribution in [0.1, 0.15) is 31.0 Å². The third-order valence-corrected chi connectivity index (χ3v) is 4.43. The van der Waals surface area contributed by atoms with Crippen molar-refractivity contribution in [1.82, 2.24) is 4.98 Å². The molecule has 4 heteroatoms. The fourth-order valence-electron chi connectivity index (χ4n) is 3.08. The van der Waals surface area contributed by atoms with E-state index in [9.17, 15) is 0 Å². The van der Waals surface area contributed by atoms with Crippen LogP contribution in [0.4, 0.5) is 5.69 Å². The van der Waals surface area contributed by atoms with Crippen molar-refractivity contribution in [2.24, 2.45) is 5.92 Å². The van der Waals surface area contributed by atoms with E-state index in [1.165, 1.54) is 23.4 Å². The fourth-order valence-corrected chi connectivity index (χ4v) is 3.25. The molecular weight excluding hydrogens is 284 g/mol.